The van der Waals surface area contributed by atoms with Crippen molar-refractivity contribution in [3.05, 3.63) is 0 Å². The molecule has 1 unspecified atom stereocenters. The summed E-state index contributed by atoms with van der Waals surface area (Å²) in [6.07, 6.45) is 10.9. The first kappa shape index (κ1) is 16.8. The molecule has 0 spiro atoms. The third kappa shape index (κ3) is 4.70. The molecule has 2 fully saturated rings. The van der Waals surface area contributed by atoms with Crippen molar-refractivity contribution in [3.8, 4) is 0 Å². The van der Waals surface area contributed by atoms with Crippen molar-refractivity contribution >= 4 is 5.97 Å². The average molecular weight is 296 g/mol. The maximum Gasteiger partial charge on any atom is 0.308 e. The van der Waals surface area contributed by atoms with Crippen LogP contribution in [0.5, 0.6) is 0 Å². The lowest BCUT2D eigenvalue weighted by Crippen LogP contribution is -3.18. The number of nitrogens with one attached hydrogen (secondary N) is 1. The highest BCUT2D eigenvalue weighted by atomic mass is 16.5. The third-order valence-corrected chi connectivity index (χ3v) is 5.60. The Morgan fingerprint density at radius 1 is 1.19 bits per heavy atom. The van der Waals surface area contributed by atoms with Crippen LogP contribution in [-0.2, 0) is 9.53 Å². The molecule has 0 amide bonds. The first-order valence-electron chi connectivity index (χ1n) is 9.27. The first-order chi connectivity index (χ1) is 10.3. The van der Waals surface area contributed by atoms with Gasteiger partial charge in [-0.1, -0.05) is 26.7 Å². The van der Waals surface area contributed by atoms with E-state index in [1.807, 2.05) is 0 Å². The van der Waals surface area contributed by atoms with Crippen LogP contribution >= 0.6 is 0 Å². The van der Waals surface area contributed by atoms with Gasteiger partial charge in [0.25, 0.3) is 0 Å². The minimum atomic E-state index is 0.0638. The second kappa shape index (κ2) is 8.77. The van der Waals surface area contributed by atoms with E-state index in [4.69, 9.17) is 4.74 Å². The van der Waals surface area contributed by atoms with Gasteiger partial charge < -0.3 is 9.64 Å². The van der Waals surface area contributed by atoms with Gasteiger partial charge in [0.2, 0.25) is 0 Å². The molecule has 3 heteroatoms. The Labute approximate surface area is 130 Å². The Kier molecular flexibility index (Phi) is 7.01. The second-order valence-electron chi connectivity index (χ2n) is 7.04. The van der Waals surface area contributed by atoms with Crippen LogP contribution in [0.4, 0.5) is 0 Å². The molecule has 2 saturated heterocycles. The van der Waals surface area contributed by atoms with Gasteiger partial charge in [-0.05, 0) is 44.9 Å². The monoisotopic (exact) mass is 296 g/mol. The Morgan fingerprint density at radius 3 is 2.76 bits per heavy atom. The van der Waals surface area contributed by atoms with Crippen LogP contribution in [0.3, 0.4) is 0 Å². The Morgan fingerprint density at radius 2 is 2.00 bits per heavy atom. The molecular formula is C18H34NO2+. The van der Waals surface area contributed by atoms with Crippen LogP contribution in [0.25, 0.3) is 0 Å². The van der Waals surface area contributed by atoms with E-state index in [0.717, 1.165) is 31.7 Å². The van der Waals surface area contributed by atoms with Crippen molar-refractivity contribution in [2.45, 2.75) is 77.7 Å². The van der Waals surface area contributed by atoms with E-state index in [1.165, 1.54) is 45.2 Å². The largest absolute Gasteiger partial charge is 0.465 e. The van der Waals surface area contributed by atoms with Gasteiger partial charge in [0, 0.05) is 5.92 Å². The summed E-state index contributed by atoms with van der Waals surface area (Å²) < 4.78 is 5.73. The van der Waals surface area contributed by atoms with E-state index >= 15 is 0 Å². The molecule has 2 aliphatic heterocycles. The Hall–Kier alpha value is -0.570. The fourth-order valence-electron chi connectivity index (χ4n) is 4.22. The number of hydrogen-bond donors (Lipinski definition) is 1. The van der Waals surface area contributed by atoms with Crippen LogP contribution in [-0.4, -0.2) is 31.7 Å². The molecule has 122 valence electrons. The standard InChI is InChI=1S/C18H33NO2/c1-3-5-9-15(4-2)18(20)21-14-16-10-8-13-19-12-7-6-11-17(16)19/h15-17H,3-14H2,1-2H3/p+1/t15-,16-,17+/m0/s1. The summed E-state index contributed by atoms with van der Waals surface area (Å²) in [5.41, 5.74) is 0. The summed E-state index contributed by atoms with van der Waals surface area (Å²) in [5.74, 6) is 0.805. The summed E-state index contributed by atoms with van der Waals surface area (Å²) in [6, 6.07) is 0.760. The van der Waals surface area contributed by atoms with Gasteiger partial charge in [0.05, 0.1) is 31.7 Å². The zero-order valence-corrected chi connectivity index (χ0v) is 14.0. The predicted octanol–water partition coefficient (Wildman–Crippen LogP) is 2.59. The molecule has 0 bridgehead atoms. The van der Waals surface area contributed by atoms with Crippen molar-refractivity contribution < 1.29 is 14.4 Å². The fraction of sp³-hybridized carbons (Fsp3) is 0.944. The van der Waals surface area contributed by atoms with Crippen LogP contribution in [0.1, 0.15) is 71.6 Å². The van der Waals surface area contributed by atoms with Crippen LogP contribution in [0.15, 0.2) is 0 Å². The van der Waals surface area contributed by atoms with Crippen LogP contribution < -0.4 is 4.90 Å². The van der Waals surface area contributed by atoms with Crippen molar-refractivity contribution in [1.29, 1.82) is 0 Å². The third-order valence-electron chi connectivity index (χ3n) is 5.60. The van der Waals surface area contributed by atoms with Gasteiger partial charge in [-0.25, -0.2) is 0 Å². The van der Waals surface area contributed by atoms with Crippen molar-refractivity contribution in [2.24, 2.45) is 11.8 Å². The SMILES string of the molecule is CCCC[C@H](CC)C(=O)OC[C@@H]1CCC[NH+]2CCCC[C@H]12. The minimum absolute atomic E-state index is 0.0638. The molecule has 0 aromatic carbocycles. The Balaban J connectivity index is 1.79. The molecule has 0 saturated carbocycles. The van der Waals surface area contributed by atoms with Crippen LogP contribution in [0, 0.1) is 11.8 Å². The second-order valence-corrected chi connectivity index (χ2v) is 7.04. The van der Waals surface area contributed by atoms with Crippen LogP contribution in [0.2, 0.25) is 0 Å². The molecule has 0 radical (unpaired) electrons. The molecule has 0 aliphatic carbocycles. The lowest BCUT2D eigenvalue weighted by molar-refractivity contribution is -0.940. The molecule has 0 aromatic rings. The smallest absolute Gasteiger partial charge is 0.308 e. The number of carbonyl (C=O) groups is 1. The van der Waals surface area contributed by atoms with Crippen molar-refractivity contribution in [2.75, 3.05) is 19.7 Å². The van der Waals surface area contributed by atoms with E-state index in [9.17, 15) is 4.79 Å². The molecule has 2 heterocycles. The number of ether oxygens (including phenoxy) is 1. The molecule has 2 aliphatic rings. The molecule has 21 heavy (non-hydrogen) atoms. The van der Waals surface area contributed by atoms with Crippen molar-refractivity contribution in [1.82, 2.24) is 0 Å². The lowest BCUT2D eigenvalue weighted by Gasteiger charge is -2.41. The summed E-state index contributed by atoms with van der Waals surface area (Å²) in [7, 11) is 0. The maximum absolute atomic E-state index is 12.3. The highest BCUT2D eigenvalue weighted by Gasteiger charge is 2.37. The van der Waals surface area contributed by atoms with Gasteiger partial charge >= 0.3 is 5.97 Å². The zero-order valence-electron chi connectivity index (χ0n) is 14.0. The van der Waals surface area contributed by atoms with Gasteiger partial charge in [-0.2, -0.15) is 0 Å². The zero-order chi connectivity index (χ0) is 15.1. The molecule has 3 nitrogen and oxygen atoms in total. The van der Waals surface area contributed by atoms with E-state index < -0.39 is 0 Å². The number of unbranched alkanes of at least 4 members (excludes halogenated alkanes) is 1. The normalized spacial score (nSPS) is 30.5. The van der Waals surface area contributed by atoms with Crippen molar-refractivity contribution in [3.63, 3.8) is 0 Å². The summed E-state index contributed by atoms with van der Waals surface area (Å²) in [5, 5.41) is 0. The van der Waals surface area contributed by atoms with E-state index in [0.29, 0.717) is 12.5 Å². The summed E-state index contributed by atoms with van der Waals surface area (Å²) in [4.78, 5) is 14.0. The summed E-state index contributed by atoms with van der Waals surface area (Å²) in [6.45, 7) is 7.64. The number of carbonyl (C=O) groups excluding carboxylic acids is 1. The number of fused-ring (bicyclic) bond motifs is 1. The molecule has 2 rings (SSSR count). The molecule has 0 aromatic heterocycles. The topological polar surface area (TPSA) is 30.7 Å². The van der Waals surface area contributed by atoms with E-state index in [-0.39, 0.29) is 11.9 Å². The Bertz CT molecular complexity index is 316. The number of quaternary nitrogens is 1. The highest BCUT2D eigenvalue weighted by molar-refractivity contribution is 5.72. The van der Waals surface area contributed by atoms with Gasteiger partial charge in [-0.15, -0.1) is 0 Å². The quantitative estimate of drug-likeness (QED) is 0.732. The predicted molar refractivity (Wildman–Crippen MR) is 85.3 cm³/mol. The minimum Gasteiger partial charge on any atom is -0.465 e. The van der Waals surface area contributed by atoms with Gasteiger partial charge in [-0.3, -0.25) is 4.79 Å². The first-order valence-corrected chi connectivity index (χ1v) is 9.27. The average Bonchev–Trinajstić information content (AvgIpc) is 2.53. The lowest BCUT2D eigenvalue weighted by atomic mass is 9.84. The number of piperidine rings is 2. The molecule has 4 atom stereocenters. The maximum atomic E-state index is 12.3. The van der Waals surface area contributed by atoms with E-state index in [1.54, 1.807) is 4.90 Å². The summed E-state index contributed by atoms with van der Waals surface area (Å²) >= 11 is 0. The molecular weight excluding hydrogens is 262 g/mol. The number of hydrogen-bond acceptors (Lipinski definition) is 2. The van der Waals surface area contributed by atoms with E-state index in [2.05, 4.69) is 13.8 Å². The van der Waals surface area contributed by atoms with Gasteiger partial charge in [0.1, 0.15) is 0 Å². The number of esters is 1. The van der Waals surface area contributed by atoms with Gasteiger partial charge in [0.15, 0.2) is 0 Å². The highest BCUT2D eigenvalue weighted by Crippen LogP contribution is 2.22. The number of rotatable bonds is 7. The molecule has 1 N–H and O–H groups in total. The fourth-order valence-corrected chi connectivity index (χ4v) is 4.22.